The lowest BCUT2D eigenvalue weighted by Gasteiger charge is -2.20. The van der Waals surface area contributed by atoms with Gasteiger partial charge in [-0.15, -0.1) is 0 Å². The van der Waals surface area contributed by atoms with Crippen molar-refractivity contribution in [2.45, 2.75) is 38.8 Å². The van der Waals surface area contributed by atoms with Crippen molar-refractivity contribution in [2.75, 3.05) is 0 Å². The van der Waals surface area contributed by atoms with Gasteiger partial charge in [-0.2, -0.15) is 0 Å². The van der Waals surface area contributed by atoms with Crippen molar-refractivity contribution >= 4 is 0 Å². The first-order chi connectivity index (χ1) is 10.2. The summed E-state index contributed by atoms with van der Waals surface area (Å²) in [5.74, 6) is 6.76. The number of nitrogens with one attached hydrogen (secondary N) is 1. The molecule has 0 heterocycles. The average Bonchev–Trinajstić information content (AvgIpc) is 3.28. The molecule has 3 nitrogen and oxygen atoms in total. The van der Waals surface area contributed by atoms with E-state index in [1.54, 1.807) is 0 Å². The van der Waals surface area contributed by atoms with Gasteiger partial charge in [0.05, 0.1) is 12.1 Å². The zero-order chi connectivity index (χ0) is 14.8. The highest BCUT2D eigenvalue weighted by atomic mass is 16.5. The summed E-state index contributed by atoms with van der Waals surface area (Å²) in [7, 11) is 0. The lowest BCUT2D eigenvalue weighted by molar-refractivity contribution is 0.302. The van der Waals surface area contributed by atoms with Gasteiger partial charge < -0.3 is 4.74 Å². The molecular weight excluding hydrogens is 260 g/mol. The van der Waals surface area contributed by atoms with Crippen LogP contribution in [0.15, 0.2) is 42.5 Å². The van der Waals surface area contributed by atoms with Crippen molar-refractivity contribution in [3.63, 3.8) is 0 Å². The van der Waals surface area contributed by atoms with E-state index in [2.05, 4.69) is 49.6 Å². The second-order valence-electron chi connectivity index (χ2n) is 5.85. The first-order valence-corrected chi connectivity index (χ1v) is 7.47. The average molecular weight is 282 g/mol. The number of hydrazine groups is 1. The third-order valence-corrected chi connectivity index (χ3v) is 3.93. The smallest absolute Gasteiger partial charge is 0.120 e. The second-order valence-corrected chi connectivity index (χ2v) is 5.85. The van der Waals surface area contributed by atoms with Crippen molar-refractivity contribution in [2.24, 2.45) is 5.84 Å². The van der Waals surface area contributed by atoms with E-state index in [1.807, 2.05) is 12.1 Å². The maximum Gasteiger partial charge on any atom is 0.120 e. The Bertz CT molecular complexity index is 635. The monoisotopic (exact) mass is 282 g/mol. The predicted octanol–water partition coefficient (Wildman–Crippen LogP) is 3.40. The molecule has 2 aromatic rings. The number of nitrogens with two attached hydrogens (primary N) is 1. The molecule has 3 heteroatoms. The molecule has 1 aliphatic rings. The number of aryl methyl sites for hydroxylation is 2. The molecule has 0 aliphatic heterocycles. The molecule has 0 aromatic heterocycles. The van der Waals surface area contributed by atoms with Crippen LogP contribution in [-0.4, -0.2) is 6.10 Å². The van der Waals surface area contributed by atoms with E-state index in [4.69, 9.17) is 10.6 Å². The van der Waals surface area contributed by atoms with Crippen molar-refractivity contribution in [3.05, 3.63) is 64.7 Å². The minimum absolute atomic E-state index is 0.0207. The molecule has 0 radical (unpaired) electrons. The zero-order valence-electron chi connectivity index (χ0n) is 12.6. The first kappa shape index (κ1) is 14.1. The number of hydrogen-bond acceptors (Lipinski definition) is 3. The summed E-state index contributed by atoms with van der Waals surface area (Å²) in [6.45, 7) is 4.22. The van der Waals surface area contributed by atoms with Crippen LogP contribution in [0.25, 0.3) is 0 Å². The zero-order valence-corrected chi connectivity index (χ0v) is 12.6. The molecule has 1 unspecified atom stereocenters. The van der Waals surface area contributed by atoms with Gasteiger partial charge in [-0.25, -0.2) is 5.43 Å². The van der Waals surface area contributed by atoms with Gasteiger partial charge in [0.15, 0.2) is 0 Å². The molecular formula is C18H22N2O. The molecule has 0 spiro atoms. The number of hydrogen-bond donors (Lipinski definition) is 2. The van der Waals surface area contributed by atoms with Crippen molar-refractivity contribution in [1.29, 1.82) is 0 Å². The summed E-state index contributed by atoms with van der Waals surface area (Å²) in [6, 6.07) is 14.7. The molecule has 1 fully saturated rings. The van der Waals surface area contributed by atoms with E-state index in [0.717, 1.165) is 11.3 Å². The van der Waals surface area contributed by atoms with Crippen LogP contribution in [0.5, 0.6) is 5.75 Å². The first-order valence-electron chi connectivity index (χ1n) is 7.47. The fraction of sp³-hybridized carbons (Fsp3) is 0.333. The van der Waals surface area contributed by atoms with E-state index in [9.17, 15) is 0 Å². The lowest BCUT2D eigenvalue weighted by atomic mass is 9.94. The van der Waals surface area contributed by atoms with E-state index in [0.29, 0.717) is 6.10 Å². The Hall–Kier alpha value is -1.84. The molecule has 110 valence electrons. The summed E-state index contributed by atoms with van der Waals surface area (Å²) in [4.78, 5) is 0. The Labute approximate surface area is 126 Å². The van der Waals surface area contributed by atoms with Crippen molar-refractivity contribution in [1.82, 2.24) is 5.43 Å². The van der Waals surface area contributed by atoms with Gasteiger partial charge in [-0.3, -0.25) is 5.84 Å². The van der Waals surface area contributed by atoms with Gasteiger partial charge in [-0.1, -0.05) is 35.9 Å². The molecule has 1 atom stereocenters. The van der Waals surface area contributed by atoms with Crippen molar-refractivity contribution in [3.8, 4) is 5.75 Å². The third kappa shape index (κ3) is 3.26. The molecule has 0 bridgehead atoms. The minimum Gasteiger partial charge on any atom is -0.490 e. The fourth-order valence-electron chi connectivity index (χ4n) is 2.58. The van der Waals surface area contributed by atoms with E-state index in [-0.39, 0.29) is 6.04 Å². The highest BCUT2D eigenvalue weighted by molar-refractivity contribution is 5.41. The molecule has 1 aliphatic carbocycles. The van der Waals surface area contributed by atoms with Gasteiger partial charge in [0.1, 0.15) is 5.75 Å². The maximum absolute atomic E-state index is 5.88. The molecule has 0 saturated heterocycles. The molecule has 2 aromatic carbocycles. The quantitative estimate of drug-likeness (QED) is 0.652. The van der Waals surface area contributed by atoms with Crippen LogP contribution >= 0.6 is 0 Å². The molecule has 1 saturated carbocycles. The minimum atomic E-state index is -0.0207. The Balaban J connectivity index is 1.93. The highest BCUT2D eigenvalue weighted by Crippen LogP contribution is 2.31. The standard InChI is InChI=1S/C18H22N2O/c1-12-6-7-13(2)17(10-12)18(20-19)14-4-3-5-16(11-14)21-15-8-9-15/h3-7,10-11,15,18,20H,8-9,19H2,1-2H3. The van der Waals surface area contributed by atoms with E-state index in [1.165, 1.54) is 29.5 Å². The summed E-state index contributed by atoms with van der Waals surface area (Å²) >= 11 is 0. The molecule has 0 amide bonds. The largest absolute Gasteiger partial charge is 0.490 e. The van der Waals surface area contributed by atoms with E-state index < -0.39 is 0 Å². The van der Waals surface area contributed by atoms with Crippen molar-refractivity contribution < 1.29 is 4.74 Å². The highest BCUT2D eigenvalue weighted by Gasteiger charge is 2.24. The number of ether oxygens (including phenoxy) is 1. The van der Waals surface area contributed by atoms with Gasteiger partial charge in [-0.05, 0) is 55.5 Å². The number of benzene rings is 2. The predicted molar refractivity (Wildman–Crippen MR) is 85.2 cm³/mol. The topological polar surface area (TPSA) is 47.3 Å². The van der Waals surface area contributed by atoms with Crippen LogP contribution in [0, 0.1) is 13.8 Å². The van der Waals surface area contributed by atoms with Gasteiger partial charge in [0.25, 0.3) is 0 Å². The van der Waals surface area contributed by atoms with Crippen LogP contribution in [-0.2, 0) is 0 Å². The molecule has 3 N–H and O–H groups in total. The van der Waals surface area contributed by atoms with Crippen LogP contribution in [0.4, 0.5) is 0 Å². The van der Waals surface area contributed by atoms with Crippen LogP contribution < -0.4 is 16.0 Å². The Morgan fingerprint density at radius 2 is 1.95 bits per heavy atom. The van der Waals surface area contributed by atoms with Crippen LogP contribution in [0.1, 0.15) is 41.1 Å². The van der Waals surface area contributed by atoms with E-state index >= 15 is 0 Å². The second kappa shape index (κ2) is 5.88. The summed E-state index contributed by atoms with van der Waals surface area (Å²) in [5.41, 5.74) is 7.75. The Morgan fingerprint density at radius 1 is 1.14 bits per heavy atom. The molecule has 21 heavy (non-hydrogen) atoms. The Morgan fingerprint density at radius 3 is 2.67 bits per heavy atom. The SMILES string of the molecule is Cc1ccc(C)c(C(NN)c2cccc(OC3CC3)c2)c1. The normalized spacial score (nSPS) is 15.8. The third-order valence-electron chi connectivity index (χ3n) is 3.93. The number of rotatable bonds is 5. The van der Waals surface area contributed by atoms with Gasteiger partial charge in [0, 0.05) is 0 Å². The fourth-order valence-corrected chi connectivity index (χ4v) is 2.58. The summed E-state index contributed by atoms with van der Waals surface area (Å²) < 4.78 is 5.88. The van der Waals surface area contributed by atoms with Gasteiger partial charge >= 0.3 is 0 Å². The molecule has 3 rings (SSSR count). The van der Waals surface area contributed by atoms with Crippen LogP contribution in [0.3, 0.4) is 0 Å². The Kier molecular flexibility index (Phi) is 3.95. The van der Waals surface area contributed by atoms with Gasteiger partial charge in [0.2, 0.25) is 0 Å². The lowest BCUT2D eigenvalue weighted by Crippen LogP contribution is -2.29. The maximum atomic E-state index is 5.88. The summed E-state index contributed by atoms with van der Waals surface area (Å²) in [5, 5.41) is 0. The summed E-state index contributed by atoms with van der Waals surface area (Å²) in [6.07, 6.45) is 2.74. The van der Waals surface area contributed by atoms with Crippen LogP contribution in [0.2, 0.25) is 0 Å².